The number of anilines is 1. The summed E-state index contributed by atoms with van der Waals surface area (Å²) in [7, 11) is 0. The van der Waals surface area contributed by atoms with Crippen molar-refractivity contribution in [3.05, 3.63) is 63.7 Å². The van der Waals surface area contributed by atoms with Crippen molar-refractivity contribution >= 4 is 11.4 Å². The second-order valence-corrected chi connectivity index (χ2v) is 4.65. The summed E-state index contributed by atoms with van der Waals surface area (Å²) in [4.78, 5) is 16.5. The monoisotopic (exact) mass is 289 g/mol. The van der Waals surface area contributed by atoms with E-state index in [1.165, 1.54) is 6.07 Å². The van der Waals surface area contributed by atoms with Gasteiger partial charge in [0.2, 0.25) is 5.82 Å². The van der Waals surface area contributed by atoms with Crippen molar-refractivity contribution in [3.8, 4) is 0 Å². The van der Waals surface area contributed by atoms with Crippen molar-refractivity contribution in [1.82, 2.24) is 4.98 Å². The van der Waals surface area contributed by atoms with Crippen LogP contribution in [-0.4, -0.2) is 16.5 Å². The van der Waals surface area contributed by atoms with Crippen molar-refractivity contribution in [2.45, 2.75) is 20.4 Å². The van der Waals surface area contributed by atoms with Gasteiger partial charge < -0.3 is 4.90 Å². The number of aromatic nitrogens is 1. The number of nitrogens with zero attached hydrogens (tertiary/aromatic N) is 3. The van der Waals surface area contributed by atoms with Gasteiger partial charge in [0.25, 0.3) is 0 Å². The first-order valence-corrected chi connectivity index (χ1v) is 6.63. The van der Waals surface area contributed by atoms with Gasteiger partial charge in [0.05, 0.1) is 17.2 Å². The van der Waals surface area contributed by atoms with E-state index in [0.717, 1.165) is 17.5 Å². The molecule has 0 amide bonds. The number of pyridine rings is 1. The summed E-state index contributed by atoms with van der Waals surface area (Å²) < 4.78 is 13.7. The number of hydrogen-bond acceptors (Lipinski definition) is 4. The minimum atomic E-state index is -0.826. The van der Waals surface area contributed by atoms with Crippen LogP contribution in [-0.2, 0) is 6.54 Å². The molecule has 0 aliphatic carbocycles. The molecule has 1 aromatic heterocycles. The summed E-state index contributed by atoms with van der Waals surface area (Å²) in [5.74, 6) is -0.826. The standard InChI is InChI=1S/C15H16FN3O2/c1-3-18(10-12-7-4-6-11(2)17-12)14-9-5-8-13(16)15(14)19(20)21/h4-9H,3,10H2,1-2H3. The summed E-state index contributed by atoms with van der Waals surface area (Å²) in [6.07, 6.45) is 0. The van der Waals surface area contributed by atoms with Crippen LogP contribution < -0.4 is 4.90 Å². The lowest BCUT2D eigenvalue weighted by Crippen LogP contribution is -2.24. The largest absolute Gasteiger partial charge is 0.360 e. The topological polar surface area (TPSA) is 59.3 Å². The zero-order chi connectivity index (χ0) is 15.4. The zero-order valence-electron chi connectivity index (χ0n) is 11.9. The molecule has 2 aromatic rings. The molecule has 0 N–H and O–H groups in total. The predicted octanol–water partition coefficient (Wildman–Crippen LogP) is 3.46. The molecule has 21 heavy (non-hydrogen) atoms. The molecular formula is C15H16FN3O2. The molecule has 0 saturated carbocycles. The van der Waals surface area contributed by atoms with Gasteiger partial charge in [0.1, 0.15) is 5.69 Å². The third kappa shape index (κ3) is 3.34. The molecule has 1 aromatic carbocycles. The number of para-hydroxylation sites is 1. The minimum Gasteiger partial charge on any atom is -0.360 e. The van der Waals surface area contributed by atoms with Crippen molar-refractivity contribution < 1.29 is 9.31 Å². The second-order valence-electron chi connectivity index (χ2n) is 4.65. The highest BCUT2D eigenvalue weighted by molar-refractivity contribution is 5.63. The van der Waals surface area contributed by atoms with Crippen LogP contribution in [0.5, 0.6) is 0 Å². The van der Waals surface area contributed by atoms with Gasteiger partial charge in [-0.25, -0.2) is 0 Å². The Morgan fingerprint density at radius 1 is 1.29 bits per heavy atom. The van der Waals surface area contributed by atoms with Crippen molar-refractivity contribution in [2.24, 2.45) is 0 Å². The van der Waals surface area contributed by atoms with Crippen LogP contribution >= 0.6 is 0 Å². The van der Waals surface area contributed by atoms with E-state index in [0.29, 0.717) is 13.1 Å². The highest BCUT2D eigenvalue weighted by Gasteiger charge is 2.23. The van der Waals surface area contributed by atoms with E-state index in [1.807, 2.05) is 32.0 Å². The molecule has 0 spiro atoms. The molecule has 0 aliphatic rings. The maximum absolute atomic E-state index is 13.7. The van der Waals surface area contributed by atoms with E-state index in [2.05, 4.69) is 4.98 Å². The summed E-state index contributed by atoms with van der Waals surface area (Å²) in [5, 5.41) is 11.1. The molecule has 6 heteroatoms. The number of halogens is 1. The highest BCUT2D eigenvalue weighted by Crippen LogP contribution is 2.31. The van der Waals surface area contributed by atoms with E-state index < -0.39 is 16.4 Å². The third-order valence-corrected chi connectivity index (χ3v) is 3.17. The summed E-state index contributed by atoms with van der Waals surface area (Å²) >= 11 is 0. The number of aryl methyl sites for hydroxylation is 1. The molecule has 0 atom stereocenters. The molecule has 1 heterocycles. The zero-order valence-corrected chi connectivity index (χ0v) is 11.9. The molecule has 0 radical (unpaired) electrons. The van der Waals surface area contributed by atoms with E-state index >= 15 is 0 Å². The first-order valence-electron chi connectivity index (χ1n) is 6.63. The van der Waals surface area contributed by atoms with Gasteiger partial charge >= 0.3 is 5.69 Å². The molecule has 5 nitrogen and oxygen atoms in total. The highest BCUT2D eigenvalue weighted by atomic mass is 19.1. The molecule has 2 rings (SSSR count). The summed E-state index contributed by atoms with van der Waals surface area (Å²) in [6.45, 7) is 4.65. The third-order valence-electron chi connectivity index (χ3n) is 3.17. The smallest absolute Gasteiger partial charge is 0.327 e. The van der Waals surface area contributed by atoms with Crippen molar-refractivity contribution in [3.63, 3.8) is 0 Å². The van der Waals surface area contributed by atoms with E-state index in [-0.39, 0.29) is 5.69 Å². The van der Waals surface area contributed by atoms with Gasteiger partial charge in [-0.3, -0.25) is 15.1 Å². The lowest BCUT2D eigenvalue weighted by molar-refractivity contribution is -0.386. The number of nitro benzene ring substituents is 1. The van der Waals surface area contributed by atoms with Crippen LogP contribution in [0.1, 0.15) is 18.3 Å². The van der Waals surface area contributed by atoms with Gasteiger partial charge in [-0.15, -0.1) is 0 Å². The molecule has 0 unspecified atom stereocenters. The normalized spacial score (nSPS) is 10.4. The van der Waals surface area contributed by atoms with E-state index in [4.69, 9.17) is 0 Å². The van der Waals surface area contributed by atoms with Gasteiger partial charge in [-0.05, 0) is 38.1 Å². The maximum Gasteiger partial charge on any atom is 0.327 e. The fourth-order valence-corrected chi connectivity index (χ4v) is 2.19. The molecule has 0 bridgehead atoms. The Morgan fingerprint density at radius 2 is 2.00 bits per heavy atom. The van der Waals surface area contributed by atoms with Crippen molar-refractivity contribution in [1.29, 1.82) is 0 Å². The average molecular weight is 289 g/mol. The van der Waals surface area contributed by atoms with Crippen LogP contribution in [0.4, 0.5) is 15.8 Å². The Balaban J connectivity index is 2.38. The fraction of sp³-hybridized carbons (Fsp3) is 0.267. The Morgan fingerprint density at radius 3 is 2.62 bits per heavy atom. The second kappa shape index (κ2) is 6.30. The Labute approximate surface area is 122 Å². The molecule has 0 fully saturated rings. The van der Waals surface area contributed by atoms with E-state index in [1.54, 1.807) is 11.0 Å². The van der Waals surface area contributed by atoms with Crippen LogP contribution in [0.15, 0.2) is 36.4 Å². The number of benzene rings is 1. The first kappa shape index (κ1) is 14.9. The van der Waals surface area contributed by atoms with Crippen LogP contribution in [0.2, 0.25) is 0 Å². The molecule has 0 saturated heterocycles. The maximum atomic E-state index is 13.7. The summed E-state index contributed by atoms with van der Waals surface area (Å²) in [6, 6.07) is 9.74. The van der Waals surface area contributed by atoms with E-state index in [9.17, 15) is 14.5 Å². The lowest BCUT2D eigenvalue weighted by atomic mass is 10.2. The van der Waals surface area contributed by atoms with Gasteiger partial charge in [0, 0.05) is 12.2 Å². The Bertz CT molecular complexity index is 661. The SMILES string of the molecule is CCN(Cc1cccc(C)n1)c1cccc(F)c1[N+](=O)[O-]. The number of hydrogen-bond donors (Lipinski definition) is 0. The molecule has 110 valence electrons. The van der Waals surface area contributed by atoms with Gasteiger partial charge in [-0.2, -0.15) is 4.39 Å². The number of nitro groups is 1. The summed E-state index contributed by atoms with van der Waals surface area (Å²) in [5.41, 5.74) is 1.44. The fourth-order valence-electron chi connectivity index (χ4n) is 2.19. The Hall–Kier alpha value is -2.50. The van der Waals surface area contributed by atoms with Crippen LogP contribution in [0, 0.1) is 22.9 Å². The average Bonchev–Trinajstić information content (AvgIpc) is 2.44. The Kier molecular flexibility index (Phi) is 4.47. The van der Waals surface area contributed by atoms with Gasteiger partial charge in [-0.1, -0.05) is 12.1 Å². The quantitative estimate of drug-likeness (QED) is 0.624. The number of rotatable bonds is 5. The van der Waals surface area contributed by atoms with Crippen LogP contribution in [0.25, 0.3) is 0 Å². The molecule has 0 aliphatic heterocycles. The minimum absolute atomic E-state index is 0.269. The predicted molar refractivity (Wildman–Crippen MR) is 78.8 cm³/mol. The van der Waals surface area contributed by atoms with Gasteiger partial charge in [0.15, 0.2) is 0 Å². The first-order chi connectivity index (χ1) is 10.0. The molecular weight excluding hydrogens is 273 g/mol. The van der Waals surface area contributed by atoms with Crippen LogP contribution in [0.3, 0.4) is 0 Å². The lowest BCUT2D eigenvalue weighted by Gasteiger charge is -2.22. The van der Waals surface area contributed by atoms with Crippen molar-refractivity contribution in [2.75, 3.05) is 11.4 Å².